The molecule has 5 heteroatoms. The fourth-order valence-corrected chi connectivity index (χ4v) is 4.79. The van der Waals surface area contributed by atoms with E-state index in [0.717, 1.165) is 43.2 Å². The summed E-state index contributed by atoms with van der Waals surface area (Å²) in [5, 5.41) is 0. The number of hydrogen-bond donors (Lipinski definition) is 1. The summed E-state index contributed by atoms with van der Waals surface area (Å²) >= 11 is 0. The first-order valence-corrected chi connectivity index (χ1v) is 12.2. The lowest BCUT2D eigenvalue weighted by Gasteiger charge is -2.32. The number of anilines is 1. The van der Waals surface area contributed by atoms with E-state index >= 15 is 0 Å². The number of benzene rings is 3. The molecule has 3 aromatic carbocycles. The van der Waals surface area contributed by atoms with E-state index < -0.39 is 6.03 Å². The third-order valence-electron chi connectivity index (χ3n) is 6.82. The molecular formula is C29H34FN3O. The number of amides is 2. The molecule has 0 unspecified atom stereocenters. The smallest absolute Gasteiger partial charge is 0.319 e. The van der Waals surface area contributed by atoms with Gasteiger partial charge < -0.3 is 10.6 Å². The second kappa shape index (κ2) is 11.8. The molecular weight excluding hydrogens is 425 g/mol. The number of halogens is 1. The quantitative estimate of drug-likeness (QED) is 0.463. The Hall–Kier alpha value is -3.18. The van der Waals surface area contributed by atoms with Crippen LogP contribution in [0.5, 0.6) is 0 Å². The highest BCUT2D eigenvalue weighted by Gasteiger charge is 2.19. The van der Waals surface area contributed by atoms with Gasteiger partial charge in [-0.3, -0.25) is 4.90 Å². The van der Waals surface area contributed by atoms with Crippen molar-refractivity contribution in [1.82, 2.24) is 4.90 Å². The lowest BCUT2D eigenvalue weighted by atomic mass is 9.90. The van der Waals surface area contributed by atoms with Crippen molar-refractivity contribution in [3.05, 3.63) is 101 Å². The number of hydrogen-bond acceptors (Lipinski definition) is 2. The van der Waals surface area contributed by atoms with Crippen molar-refractivity contribution in [3.63, 3.8) is 0 Å². The second-order valence-electron chi connectivity index (χ2n) is 9.26. The van der Waals surface area contributed by atoms with Gasteiger partial charge in [-0.25, -0.2) is 9.18 Å². The van der Waals surface area contributed by atoms with Gasteiger partial charge in [0.15, 0.2) is 0 Å². The van der Waals surface area contributed by atoms with Gasteiger partial charge in [0.2, 0.25) is 0 Å². The number of primary amides is 1. The van der Waals surface area contributed by atoms with E-state index in [9.17, 15) is 9.18 Å². The highest BCUT2D eigenvalue weighted by molar-refractivity contribution is 5.90. The average molecular weight is 460 g/mol. The molecule has 1 aliphatic heterocycles. The molecule has 34 heavy (non-hydrogen) atoms. The molecule has 0 bridgehead atoms. The van der Waals surface area contributed by atoms with Crippen LogP contribution < -0.4 is 10.6 Å². The molecule has 4 rings (SSSR count). The summed E-state index contributed by atoms with van der Waals surface area (Å²) in [5.41, 5.74) is 10.1. The number of piperidine rings is 1. The summed E-state index contributed by atoms with van der Waals surface area (Å²) in [4.78, 5) is 16.3. The Kier molecular flexibility index (Phi) is 8.31. The Labute approximate surface area is 202 Å². The van der Waals surface area contributed by atoms with Crippen LogP contribution in [0.4, 0.5) is 14.9 Å². The molecule has 2 N–H and O–H groups in total. The Morgan fingerprint density at radius 1 is 0.882 bits per heavy atom. The summed E-state index contributed by atoms with van der Waals surface area (Å²) in [6.45, 7) is 3.76. The number of rotatable bonds is 9. The SMILES string of the molecule is NC(=O)N(CCc1ccc(F)cc1)c1cccc(CCN2CCC(Cc3ccccc3)CC2)c1. The van der Waals surface area contributed by atoms with E-state index in [1.165, 1.54) is 42.5 Å². The van der Waals surface area contributed by atoms with Gasteiger partial charge in [0, 0.05) is 18.8 Å². The van der Waals surface area contributed by atoms with E-state index in [0.29, 0.717) is 13.0 Å². The van der Waals surface area contributed by atoms with Crippen LogP contribution in [-0.2, 0) is 19.3 Å². The molecule has 2 amide bonds. The van der Waals surface area contributed by atoms with Gasteiger partial charge in [0.1, 0.15) is 5.82 Å². The molecule has 1 aliphatic rings. The van der Waals surface area contributed by atoms with E-state index in [-0.39, 0.29) is 5.82 Å². The van der Waals surface area contributed by atoms with Crippen molar-refractivity contribution < 1.29 is 9.18 Å². The van der Waals surface area contributed by atoms with Crippen molar-refractivity contribution >= 4 is 11.7 Å². The summed E-state index contributed by atoms with van der Waals surface area (Å²) in [6.07, 6.45) is 5.23. The number of carbonyl (C=O) groups excluding carboxylic acids is 1. The fraction of sp³-hybridized carbons (Fsp3) is 0.345. The summed E-state index contributed by atoms with van der Waals surface area (Å²) in [6, 6.07) is 24.8. The zero-order chi connectivity index (χ0) is 23.8. The molecule has 0 spiro atoms. The van der Waals surface area contributed by atoms with Crippen molar-refractivity contribution in [2.45, 2.75) is 32.1 Å². The maximum atomic E-state index is 13.1. The van der Waals surface area contributed by atoms with Crippen LogP contribution in [0.15, 0.2) is 78.9 Å². The predicted octanol–water partition coefficient (Wildman–Crippen LogP) is 5.45. The predicted molar refractivity (Wildman–Crippen MR) is 136 cm³/mol. The van der Waals surface area contributed by atoms with Gasteiger partial charge in [-0.1, -0.05) is 54.6 Å². The van der Waals surface area contributed by atoms with Gasteiger partial charge in [0.05, 0.1) is 0 Å². The normalized spacial score (nSPS) is 14.7. The molecule has 0 aliphatic carbocycles. The summed E-state index contributed by atoms with van der Waals surface area (Å²) in [5.74, 6) is 0.510. The van der Waals surface area contributed by atoms with E-state index in [1.54, 1.807) is 17.0 Å². The third-order valence-corrected chi connectivity index (χ3v) is 6.82. The molecule has 1 heterocycles. The van der Waals surface area contributed by atoms with E-state index in [2.05, 4.69) is 47.4 Å². The van der Waals surface area contributed by atoms with Crippen molar-refractivity contribution in [3.8, 4) is 0 Å². The van der Waals surface area contributed by atoms with Crippen molar-refractivity contribution in [1.29, 1.82) is 0 Å². The third kappa shape index (κ3) is 6.91. The molecule has 0 saturated carbocycles. The minimum atomic E-state index is -0.472. The first-order chi connectivity index (χ1) is 16.6. The molecule has 1 fully saturated rings. The van der Waals surface area contributed by atoms with E-state index in [1.807, 2.05) is 12.1 Å². The molecule has 4 nitrogen and oxygen atoms in total. The molecule has 0 radical (unpaired) electrons. The Morgan fingerprint density at radius 2 is 1.59 bits per heavy atom. The zero-order valence-corrected chi connectivity index (χ0v) is 19.7. The van der Waals surface area contributed by atoms with Crippen LogP contribution in [0.2, 0.25) is 0 Å². The number of nitrogens with zero attached hydrogens (tertiary/aromatic N) is 2. The molecule has 178 valence electrons. The lowest BCUT2D eigenvalue weighted by Crippen LogP contribution is -2.37. The van der Waals surface area contributed by atoms with Gasteiger partial charge >= 0.3 is 6.03 Å². The minimum absolute atomic E-state index is 0.261. The number of nitrogens with two attached hydrogens (primary N) is 1. The average Bonchev–Trinajstić information content (AvgIpc) is 2.86. The fourth-order valence-electron chi connectivity index (χ4n) is 4.79. The molecule has 1 saturated heterocycles. The second-order valence-corrected chi connectivity index (χ2v) is 9.26. The van der Waals surface area contributed by atoms with Crippen LogP contribution in [0, 0.1) is 11.7 Å². The highest BCUT2D eigenvalue weighted by Crippen LogP contribution is 2.23. The van der Waals surface area contributed by atoms with Crippen LogP contribution >= 0.6 is 0 Å². The maximum absolute atomic E-state index is 13.1. The molecule has 0 aromatic heterocycles. The van der Waals surface area contributed by atoms with Crippen molar-refractivity contribution in [2.75, 3.05) is 31.1 Å². The monoisotopic (exact) mass is 459 g/mol. The topological polar surface area (TPSA) is 49.6 Å². The first kappa shape index (κ1) is 24.0. The first-order valence-electron chi connectivity index (χ1n) is 12.2. The highest BCUT2D eigenvalue weighted by atomic mass is 19.1. The van der Waals surface area contributed by atoms with Crippen LogP contribution in [0.3, 0.4) is 0 Å². The van der Waals surface area contributed by atoms with Crippen LogP contribution in [-0.4, -0.2) is 37.1 Å². The number of urea groups is 1. The number of likely N-dealkylation sites (tertiary alicyclic amines) is 1. The molecule has 3 aromatic rings. The van der Waals surface area contributed by atoms with Crippen molar-refractivity contribution in [2.24, 2.45) is 11.7 Å². The van der Waals surface area contributed by atoms with E-state index in [4.69, 9.17) is 5.73 Å². The van der Waals surface area contributed by atoms with Crippen LogP contribution in [0.1, 0.15) is 29.5 Å². The van der Waals surface area contributed by atoms with Gasteiger partial charge in [0.25, 0.3) is 0 Å². The summed E-state index contributed by atoms with van der Waals surface area (Å²) < 4.78 is 13.1. The number of carbonyl (C=O) groups is 1. The Morgan fingerprint density at radius 3 is 2.29 bits per heavy atom. The maximum Gasteiger partial charge on any atom is 0.319 e. The molecule has 0 atom stereocenters. The zero-order valence-electron chi connectivity index (χ0n) is 19.7. The van der Waals surface area contributed by atoms with Gasteiger partial charge in [-0.05, 0) is 92.1 Å². The van der Waals surface area contributed by atoms with Crippen LogP contribution in [0.25, 0.3) is 0 Å². The summed E-state index contributed by atoms with van der Waals surface area (Å²) in [7, 11) is 0. The van der Waals surface area contributed by atoms with Gasteiger partial charge in [-0.15, -0.1) is 0 Å². The minimum Gasteiger partial charge on any atom is -0.351 e. The standard InChI is InChI=1S/C29H34FN3O/c30-27-11-9-23(10-12-27)16-20-33(29(31)34)28-8-4-7-25(22-28)13-17-32-18-14-26(15-19-32)21-24-5-2-1-3-6-24/h1-12,22,26H,13-21H2,(H2,31,34). The van der Waals surface area contributed by atoms with Gasteiger partial charge in [-0.2, -0.15) is 0 Å². The lowest BCUT2D eigenvalue weighted by molar-refractivity contribution is 0.186. The Balaban J connectivity index is 1.27. The largest absolute Gasteiger partial charge is 0.351 e. The Bertz CT molecular complexity index is 1050.